The molecule has 0 saturated heterocycles. The second-order valence-electron chi connectivity index (χ2n) is 13.6. The number of carbonyl (C=O) groups is 4. The van der Waals surface area contributed by atoms with E-state index in [1.807, 2.05) is 30.3 Å². The highest BCUT2D eigenvalue weighted by molar-refractivity contribution is 6.27. The van der Waals surface area contributed by atoms with E-state index in [-0.39, 0.29) is 30.2 Å². The summed E-state index contributed by atoms with van der Waals surface area (Å²) < 4.78 is 1.60. The van der Waals surface area contributed by atoms with Crippen LogP contribution in [0.2, 0.25) is 0 Å². The zero-order valence-corrected chi connectivity index (χ0v) is 27.6. The first-order chi connectivity index (χ1) is 24.5. The first-order valence-corrected chi connectivity index (χ1v) is 17.6. The van der Waals surface area contributed by atoms with Gasteiger partial charge in [-0.25, -0.2) is 4.68 Å². The summed E-state index contributed by atoms with van der Waals surface area (Å²) in [7, 11) is 0. The van der Waals surface area contributed by atoms with Crippen molar-refractivity contribution in [3.63, 3.8) is 0 Å². The Morgan fingerprint density at radius 3 is 1.66 bits per heavy atom. The van der Waals surface area contributed by atoms with E-state index in [4.69, 9.17) is 0 Å². The Bertz CT molecular complexity index is 2200. The van der Waals surface area contributed by atoms with Crippen LogP contribution in [-0.4, -0.2) is 92.9 Å². The molecule has 4 amide bonds. The van der Waals surface area contributed by atoms with Crippen molar-refractivity contribution in [1.82, 2.24) is 40.6 Å². The Kier molecular flexibility index (Phi) is 7.50. The van der Waals surface area contributed by atoms with Gasteiger partial charge in [0.05, 0.1) is 11.3 Å². The van der Waals surface area contributed by atoms with Crippen molar-refractivity contribution >= 4 is 45.2 Å². The van der Waals surface area contributed by atoms with Gasteiger partial charge in [-0.2, -0.15) is 0 Å². The molecular formula is C38H36N8O4. The number of hydrogen-bond acceptors (Lipinski definition) is 9. The summed E-state index contributed by atoms with van der Waals surface area (Å²) >= 11 is 0. The zero-order valence-electron chi connectivity index (χ0n) is 27.6. The molecule has 0 spiro atoms. The molecule has 1 aromatic heterocycles. The molecule has 2 aliphatic carbocycles. The number of aryl methyl sites for hydroxylation is 4. The molecule has 12 nitrogen and oxygen atoms in total. The van der Waals surface area contributed by atoms with Crippen LogP contribution in [-0.2, 0) is 25.7 Å². The monoisotopic (exact) mass is 668 g/mol. The summed E-state index contributed by atoms with van der Waals surface area (Å²) in [5.74, 6) is -1.03. The van der Waals surface area contributed by atoms with Gasteiger partial charge in [0.2, 0.25) is 0 Å². The summed E-state index contributed by atoms with van der Waals surface area (Å²) in [6.07, 6.45) is 8.08. The van der Waals surface area contributed by atoms with E-state index in [1.54, 1.807) is 4.68 Å². The number of imide groups is 2. The molecule has 2 aliphatic heterocycles. The molecular weight excluding hydrogens is 632 g/mol. The smallest absolute Gasteiger partial charge is 0.261 e. The SMILES string of the molecule is O=C1c2ccc3c4c(ccc(c24)C(=O)N1CCNCCCNCCN1C(=O)c2ccc4c5c(c(-n6cnnn6)cc(c25)C1=O)CCC4)CCC3. The lowest BCUT2D eigenvalue weighted by molar-refractivity contribution is 0.0597. The fraction of sp³-hybridized carbons (Fsp3) is 0.342. The molecule has 4 aromatic carbocycles. The number of aromatic nitrogens is 4. The molecule has 0 unspecified atom stereocenters. The van der Waals surface area contributed by atoms with Crippen LogP contribution in [0.5, 0.6) is 0 Å². The van der Waals surface area contributed by atoms with Crippen molar-refractivity contribution in [2.45, 2.75) is 44.9 Å². The van der Waals surface area contributed by atoms with Crippen molar-refractivity contribution in [3.05, 3.63) is 93.3 Å². The quantitative estimate of drug-likeness (QED) is 0.160. The second kappa shape index (κ2) is 12.2. The molecule has 50 heavy (non-hydrogen) atoms. The van der Waals surface area contributed by atoms with Gasteiger partial charge in [-0.05, 0) is 126 Å². The highest BCUT2D eigenvalue weighted by Crippen LogP contribution is 2.41. The number of benzene rings is 4. The molecule has 0 fully saturated rings. The molecule has 3 heterocycles. The van der Waals surface area contributed by atoms with Gasteiger partial charge in [-0.15, -0.1) is 5.10 Å². The van der Waals surface area contributed by atoms with Crippen molar-refractivity contribution in [3.8, 4) is 5.69 Å². The number of nitrogens with zero attached hydrogens (tertiary/aromatic N) is 6. The predicted octanol–water partition coefficient (Wildman–Crippen LogP) is 3.41. The molecule has 0 bridgehead atoms. The fourth-order valence-electron chi connectivity index (χ4n) is 8.46. The van der Waals surface area contributed by atoms with E-state index >= 15 is 0 Å². The summed E-state index contributed by atoms with van der Waals surface area (Å²) in [4.78, 5) is 56.9. The highest BCUT2D eigenvalue weighted by atomic mass is 16.2. The molecule has 0 radical (unpaired) electrons. The molecule has 0 atom stereocenters. The molecule has 12 heteroatoms. The van der Waals surface area contributed by atoms with Crippen LogP contribution >= 0.6 is 0 Å². The van der Waals surface area contributed by atoms with Crippen LogP contribution in [0.25, 0.3) is 27.2 Å². The number of carbonyl (C=O) groups excluding carboxylic acids is 4. The number of tetrazole rings is 1. The van der Waals surface area contributed by atoms with Crippen molar-refractivity contribution in [2.24, 2.45) is 0 Å². The summed E-state index contributed by atoms with van der Waals surface area (Å²) in [6, 6.07) is 13.6. The van der Waals surface area contributed by atoms with Gasteiger partial charge in [0.1, 0.15) is 6.33 Å². The average Bonchev–Trinajstić information content (AvgIpc) is 3.68. The largest absolute Gasteiger partial charge is 0.315 e. The standard InChI is InChI=1S/C38H36N8O4/c47-35-26-11-8-22-4-1-5-23-9-12-27(33(26)31(22)23)36(48)44(35)18-16-39-14-3-15-40-17-19-45-37(49)28-13-10-24-6-2-7-25-30(46-21-41-42-43-46)20-29(38(45)50)34(28)32(24)25/h8-13,20-21,39-40H,1-7,14-19H2. The van der Waals surface area contributed by atoms with E-state index in [0.717, 1.165) is 83.3 Å². The van der Waals surface area contributed by atoms with Crippen LogP contribution in [0.1, 0.15) is 82.9 Å². The zero-order chi connectivity index (χ0) is 33.9. The Morgan fingerprint density at radius 1 is 0.580 bits per heavy atom. The van der Waals surface area contributed by atoms with Crippen molar-refractivity contribution in [1.29, 1.82) is 0 Å². The highest BCUT2D eigenvalue weighted by Gasteiger charge is 2.36. The molecule has 9 rings (SSSR count). The fourth-order valence-corrected chi connectivity index (χ4v) is 8.46. The molecule has 4 aliphatic rings. The number of hydrogen-bond donors (Lipinski definition) is 2. The maximum atomic E-state index is 13.8. The van der Waals surface area contributed by atoms with Crippen LogP contribution in [0.3, 0.4) is 0 Å². The van der Waals surface area contributed by atoms with Gasteiger partial charge in [-0.1, -0.05) is 18.2 Å². The van der Waals surface area contributed by atoms with Gasteiger partial charge < -0.3 is 10.6 Å². The lowest BCUT2D eigenvalue weighted by atomic mass is 9.82. The topological polar surface area (TPSA) is 142 Å². The summed E-state index contributed by atoms with van der Waals surface area (Å²) in [5, 5.41) is 22.1. The van der Waals surface area contributed by atoms with E-state index < -0.39 is 0 Å². The molecule has 5 aromatic rings. The first-order valence-electron chi connectivity index (χ1n) is 17.6. The number of amides is 4. The average molecular weight is 669 g/mol. The maximum Gasteiger partial charge on any atom is 0.261 e. The van der Waals surface area contributed by atoms with Crippen molar-refractivity contribution in [2.75, 3.05) is 39.3 Å². The minimum absolute atomic E-state index is 0.225. The third-order valence-electron chi connectivity index (χ3n) is 10.8. The van der Waals surface area contributed by atoms with E-state index in [9.17, 15) is 19.2 Å². The maximum absolute atomic E-state index is 13.8. The third kappa shape index (κ3) is 4.77. The molecule has 2 N–H and O–H groups in total. The molecule has 0 saturated carbocycles. The van der Waals surface area contributed by atoms with Crippen LogP contribution < -0.4 is 10.6 Å². The molecule has 252 valence electrons. The van der Waals surface area contributed by atoms with Crippen LogP contribution in [0.15, 0.2) is 48.8 Å². The van der Waals surface area contributed by atoms with Gasteiger partial charge in [0.15, 0.2) is 0 Å². The Balaban J connectivity index is 0.786. The lowest BCUT2D eigenvalue weighted by Crippen LogP contribution is -2.44. The minimum Gasteiger partial charge on any atom is -0.315 e. The predicted molar refractivity (Wildman–Crippen MR) is 186 cm³/mol. The van der Waals surface area contributed by atoms with Gasteiger partial charge in [0.25, 0.3) is 23.6 Å². The van der Waals surface area contributed by atoms with Gasteiger partial charge in [0, 0.05) is 53.6 Å². The lowest BCUT2D eigenvalue weighted by Gasteiger charge is -2.31. The first kappa shape index (κ1) is 30.7. The van der Waals surface area contributed by atoms with E-state index in [0.29, 0.717) is 55.0 Å². The Hall–Kier alpha value is -5.33. The number of rotatable bonds is 11. The van der Waals surface area contributed by atoms with Crippen LogP contribution in [0.4, 0.5) is 0 Å². The Labute approximate surface area is 287 Å². The third-order valence-corrected chi connectivity index (χ3v) is 10.8. The summed E-state index contributed by atoms with van der Waals surface area (Å²) in [5.41, 5.74) is 7.76. The second-order valence-corrected chi connectivity index (χ2v) is 13.6. The van der Waals surface area contributed by atoms with Crippen LogP contribution in [0, 0.1) is 0 Å². The van der Waals surface area contributed by atoms with Crippen molar-refractivity contribution < 1.29 is 19.2 Å². The summed E-state index contributed by atoms with van der Waals surface area (Å²) in [6.45, 7) is 2.84. The van der Waals surface area contributed by atoms with Gasteiger partial charge in [-0.3, -0.25) is 29.0 Å². The van der Waals surface area contributed by atoms with E-state index in [2.05, 4.69) is 38.3 Å². The number of nitrogens with one attached hydrogen (secondary N) is 2. The van der Waals surface area contributed by atoms with E-state index in [1.165, 1.54) is 27.3 Å². The normalized spacial score (nSPS) is 16.3. The Morgan fingerprint density at radius 2 is 1.10 bits per heavy atom. The van der Waals surface area contributed by atoms with Gasteiger partial charge >= 0.3 is 0 Å². The minimum atomic E-state index is -0.306.